The molecule has 0 spiro atoms. The van der Waals surface area contributed by atoms with Crippen molar-refractivity contribution in [2.45, 2.75) is 39.0 Å². The maximum absolute atomic E-state index is 14.0. The number of rotatable bonds is 12. The van der Waals surface area contributed by atoms with E-state index in [1.54, 1.807) is 48.5 Å². The number of nitrogens with zero attached hydrogens (tertiary/aromatic N) is 2. The van der Waals surface area contributed by atoms with Crippen molar-refractivity contribution < 1.29 is 31.2 Å². The Morgan fingerprint density at radius 1 is 0.929 bits per heavy atom. The zero-order valence-corrected chi connectivity index (χ0v) is 25.0. The van der Waals surface area contributed by atoms with E-state index in [0.29, 0.717) is 27.5 Å². The first-order valence-electron chi connectivity index (χ1n) is 13.2. The van der Waals surface area contributed by atoms with E-state index in [4.69, 9.17) is 11.6 Å². The van der Waals surface area contributed by atoms with Crippen molar-refractivity contribution in [2.24, 2.45) is 5.92 Å². The Labute approximate surface area is 249 Å². The molecule has 3 rings (SSSR count). The molecule has 226 valence electrons. The van der Waals surface area contributed by atoms with Crippen LogP contribution in [0.5, 0.6) is 0 Å². The standard InChI is InChI=1S/C30H33ClF3N3O4S/c1-21(2)18-35-29(39)27(16-22-8-5-4-6-9-22)36(19-23-12-14-25(31)15-13-23)28(38)20-37(42(3,40)41)26-11-7-10-24(17-26)30(32,33)34/h4-15,17,21,27H,16,18-20H2,1-3H3,(H,35,39)/t27-/m1/s1. The second kappa shape index (κ2) is 14.1. The van der Waals surface area contributed by atoms with E-state index in [0.717, 1.165) is 24.0 Å². The molecule has 0 heterocycles. The molecule has 0 radical (unpaired) electrons. The summed E-state index contributed by atoms with van der Waals surface area (Å²) in [5, 5.41) is 3.32. The van der Waals surface area contributed by atoms with Crippen molar-refractivity contribution in [3.05, 3.63) is 101 Å². The fourth-order valence-electron chi connectivity index (χ4n) is 4.21. The molecule has 0 aliphatic heterocycles. The van der Waals surface area contributed by atoms with Gasteiger partial charge in [-0.2, -0.15) is 13.2 Å². The van der Waals surface area contributed by atoms with Crippen LogP contribution < -0.4 is 9.62 Å². The number of benzene rings is 3. The fraction of sp³-hybridized carbons (Fsp3) is 0.333. The summed E-state index contributed by atoms with van der Waals surface area (Å²) < 4.78 is 66.5. The van der Waals surface area contributed by atoms with Crippen LogP contribution in [0.15, 0.2) is 78.9 Å². The summed E-state index contributed by atoms with van der Waals surface area (Å²) in [5.74, 6) is -1.10. The van der Waals surface area contributed by atoms with E-state index in [1.165, 1.54) is 11.0 Å². The highest BCUT2D eigenvalue weighted by Crippen LogP contribution is 2.32. The summed E-state index contributed by atoms with van der Waals surface area (Å²) >= 11 is 6.04. The highest BCUT2D eigenvalue weighted by Gasteiger charge is 2.35. The summed E-state index contributed by atoms with van der Waals surface area (Å²) in [6.07, 6.45) is -3.80. The number of carbonyl (C=O) groups excluding carboxylic acids is 2. The molecule has 0 unspecified atom stereocenters. The zero-order valence-electron chi connectivity index (χ0n) is 23.4. The molecule has 0 aliphatic rings. The largest absolute Gasteiger partial charge is 0.416 e. The lowest BCUT2D eigenvalue weighted by molar-refractivity contribution is -0.140. The zero-order chi connectivity index (χ0) is 31.1. The van der Waals surface area contributed by atoms with Gasteiger partial charge in [0, 0.05) is 24.5 Å². The molecule has 0 aromatic heterocycles. The monoisotopic (exact) mass is 623 g/mol. The molecule has 2 amide bonds. The van der Waals surface area contributed by atoms with Gasteiger partial charge in [-0.25, -0.2) is 8.42 Å². The van der Waals surface area contributed by atoms with E-state index in [2.05, 4.69) is 5.32 Å². The third kappa shape index (κ3) is 9.49. The van der Waals surface area contributed by atoms with Crippen LogP contribution in [0.4, 0.5) is 18.9 Å². The number of hydrogen-bond donors (Lipinski definition) is 1. The first-order valence-corrected chi connectivity index (χ1v) is 15.4. The topological polar surface area (TPSA) is 86.8 Å². The quantitative estimate of drug-likeness (QED) is 0.287. The summed E-state index contributed by atoms with van der Waals surface area (Å²) in [4.78, 5) is 28.8. The lowest BCUT2D eigenvalue weighted by Gasteiger charge is -2.33. The molecular formula is C30H33ClF3N3O4S. The van der Waals surface area contributed by atoms with E-state index in [1.807, 2.05) is 19.9 Å². The predicted octanol–water partition coefficient (Wildman–Crippen LogP) is 5.54. The minimum absolute atomic E-state index is 0.0806. The number of alkyl halides is 3. The Kier molecular flexibility index (Phi) is 11.0. The molecule has 3 aromatic carbocycles. The fourth-order valence-corrected chi connectivity index (χ4v) is 5.18. The highest BCUT2D eigenvalue weighted by molar-refractivity contribution is 7.92. The number of nitrogens with one attached hydrogen (secondary N) is 1. The molecule has 3 aromatic rings. The molecule has 0 saturated carbocycles. The Morgan fingerprint density at radius 2 is 1.57 bits per heavy atom. The molecule has 0 fully saturated rings. The van der Waals surface area contributed by atoms with Crippen LogP contribution in [-0.4, -0.2) is 50.5 Å². The first-order chi connectivity index (χ1) is 19.6. The third-order valence-corrected chi connectivity index (χ3v) is 7.76. The molecule has 0 bridgehead atoms. The van der Waals surface area contributed by atoms with Crippen molar-refractivity contribution in [1.29, 1.82) is 0 Å². The lowest BCUT2D eigenvalue weighted by Crippen LogP contribution is -2.53. The van der Waals surface area contributed by atoms with Gasteiger partial charge in [0.1, 0.15) is 12.6 Å². The molecule has 0 aliphatic carbocycles. The van der Waals surface area contributed by atoms with Crippen LogP contribution in [0.1, 0.15) is 30.5 Å². The minimum Gasteiger partial charge on any atom is -0.354 e. The number of halogens is 4. The van der Waals surface area contributed by atoms with Gasteiger partial charge >= 0.3 is 6.18 Å². The molecule has 1 atom stereocenters. The Morgan fingerprint density at radius 3 is 2.14 bits per heavy atom. The van der Waals surface area contributed by atoms with E-state index in [-0.39, 0.29) is 24.6 Å². The van der Waals surface area contributed by atoms with Crippen LogP contribution in [-0.2, 0) is 38.8 Å². The second-order valence-electron chi connectivity index (χ2n) is 10.3. The van der Waals surface area contributed by atoms with Crippen molar-refractivity contribution in [3.63, 3.8) is 0 Å². The van der Waals surface area contributed by atoms with Crippen LogP contribution in [0, 0.1) is 5.92 Å². The Bertz CT molecular complexity index is 1470. The van der Waals surface area contributed by atoms with E-state index < -0.39 is 46.2 Å². The SMILES string of the molecule is CC(C)CNC(=O)[C@@H](Cc1ccccc1)N(Cc1ccc(Cl)cc1)C(=O)CN(c1cccc(C(F)(F)F)c1)S(C)(=O)=O. The first kappa shape index (κ1) is 32.9. The summed E-state index contributed by atoms with van der Waals surface area (Å²) in [6.45, 7) is 3.27. The van der Waals surface area contributed by atoms with Crippen molar-refractivity contribution in [3.8, 4) is 0 Å². The van der Waals surface area contributed by atoms with Crippen molar-refractivity contribution in [2.75, 3.05) is 23.7 Å². The van der Waals surface area contributed by atoms with Gasteiger partial charge in [-0.15, -0.1) is 0 Å². The lowest BCUT2D eigenvalue weighted by atomic mass is 10.0. The van der Waals surface area contributed by atoms with Crippen LogP contribution >= 0.6 is 11.6 Å². The van der Waals surface area contributed by atoms with E-state index in [9.17, 15) is 31.2 Å². The summed E-state index contributed by atoms with van der Waals surface area (Å²) in [5.41, 5.74) is -0.00785. The average molecular weight is 624 g/mol. The number of anilines is 1. The van der Waals surface area contributed by atoms with Crippen LogP contribution in [0.3, 0.4) is 0 Å². The number of amides is 2. The van der Waals surface area contributed by atoms with Gasteiger partial charge in [0.2, 0.25) is 21.8 Å². The van der Waals surface area contributed by atoms with Crippen LogP contribution in [0.2, 0.25) is 5.02 Å². The number of sulfonamides is 1. The van der Waals surface area contributed by atoms with Gasteiger partial charge in [0.05, 0.1) is 17.5 Å². The van der Waals surface area contributed by atoms with Crippen molar-refractivity contribution >= 4 is 39.1 Å². The number of carbonyl (C=O) groups is 2. The molecule has 7 nitrogen and oxygen atoms in total. The second-order valence-corrected chi connectivity index (χ2v) is 12.7. The molecular weight excluding hydrogens is 591 g/mol. The summed E-state index contributed by atoms with van der Waals surface area (Å²) in [7, 11) is -4.21. The minimum atomic E-state index is -4.72. The Hall–Kier alpha value is -3.57. The van der Waals surface area contributed by atoms with Crippen molar-refractivity contribution in [1.82, 2.24) is 10.2 Å². The maximum Gasteiger partial charge on any atom is 0.416 e. The van der Waals surface area contributed by atoms with Gasteiger partial charge in [-0.05, 0) is 47.4 Å². The highest BCUT2D eigenvalue weighted by atomic mass is 35.5. The summed E-state index contributed by atoms with van der Waals surface area (Å²) in [6, 6.07) is 18.3. The molecule has 12 heteroatoms. The van der Waals surface area contributed by atoms with Gasteiger partial charge in [0.25, 0.3) is 0 Å². The van der Waals surface area contributed by atoms with Gasteiger partial charge in [0.15, 0.2) is 0 Å². The van der Waals surface area contributed by atoms with E-state index >= 15 is 0 Å². The van der Waals surface area contributed by atoms with Gasteiger partial charge < -0.3 is 10.2 Å². The van der Waals surface area contributed by atoms with Gasteiger partial charge in [-0.3, -0.25) is 13.9 Å². The number of hydrogen-bond acceptors (Lipinski definition) is 4. The Balaban J connectivity index is 2.07. The maximum atomic E-state index is 14.0. The predicted molar refractivity (Wildman–Crippen MR) is 157 cm³/mol. The normalized spacial score (nSPS) is 12.6. The molecule has 1 N–H and O–H groups in total. The molecule has 42 heavy (non-hydrogen) atoms. The third-order valence-electron chi connectivity index (χ3n) is 6.36. The smallest absolute Gasteiger partial charge is 0.354 e. The molecule has 0 saturated heterocycles. The average Bonchev–Trinajstić information content (AvgIpc) is 2.92. The van der Waals surface area contributed by atoms with Crippen LogP contribution in [0.25, 0.3) is 0 Å². The van der Waals surface area contributed by atoms with Gasteiger partial charge in [-0.1, -0.05) is 74.0 Å².